The van der Waals surface area contributed by atoms with Crippen LogP contribution in [0.25, 0.3) is 11.0 Å². The maximum Gasteiger partial charge on any atom is 0.237 e. The van der Waals surface area contributed by atoms with Crippen LogP contribution in [0.4, 0.5) is 11.6 Å². The number of ether oxygens (including phenoxy) is 3. The fourth-order valence-electron chi connectivity index (χ4n) is 6.95. The Bertz CT molecular complexity index is 2140. The normalized spacial score (nSPS) is 21.4. The summed E-state index contributed by atoms with van der Waals surface area (Å²) in [6.45, 7) is 8.44. The number of anilines is 2. The molecule has 4 aromatic heterocycles. The lowest BCUT2D eigenvalue weighted by atomic mass is 9.92. The Morgan fingerprint density at radius 3 is 2.06 bits per heavy atom. The number of aliphatic hydroxyl groups excluding tert-OH is 1. The van der Waals surface area contributed by atoms with Gasteiger partial charge in [-0.2, -0.15) is 10.2 Å². The molecule has 0 bridgehead atoms. The van der Waals surface area contributed by atoms with Crippen molar-refractivity contribution in [2.24, 2.45) is 11.8 Å². The minimum absolute atomic E-state index is 0.00782. The lowest BCUT2D eigenvalue weighted by Gasteiger charge is -2.29. The first kappa shape index (κ1) is 38.5. The quantitative estimate of drug-likeness (QED) is 0.116. The number of fused-ring (bicyclic) bond motifs is 2. The Morgan fingerprint density at radius 1 is 0.870 bits per heavy atom. The first-order chi connectivity index (χ1) is 26.1. The maximum absolute atomic E-state index is 13.3. The molecule has 6 N–H and O–H groups in total. The first-order valence-corrected chi connectivity index (χ1v) is 18.2. The molecule has 1 unspecified atom stereocenters. The molecule has 14 heteroatoms. The van der Waals surface area contributed by atoms with Crippen LogP contribution >= 0.6 is 0 Å². The highest BCUT2D eigenvalue weighted by Crippen LogP contribution is 2.44. The van der Waals surface area contributed by atoms with Gasteiger partial charge in [0.25, 0.3) is 0 Å². The van der Waals surface area contributed by atoms with Gasteiger partial charge in [0, 0.05) is 11.8 Å². The number of aliphatic hydroxyl groups is 2. The van der Waals surface area contributed by atoms with E-state index in [0.29, 0.717) is 47.1 Å². The van der Waals surface area contributed by atoms with Crippen LogP contribution in [0, 0.1) is 11.8 Å². The topological polar surface area (TPSA) is 198 Å². The van der Waals surface area contributed by atoms with E-state index in [9.17, 15) is 15.0 Å². The summed E-state index contributed by atoms with van der Waals surface area (Å²) in [4.78, 5) is 21.2. The van der Waals surface area contributed by atoms with Crippen LogP contribution in [0.2, 0.25) is 0 Å². The highest BCUT2D eigenvalue weighted by atomic mass is 16.7. The van der Waals surface area contributed by atoms with E-state index in [2.05, 4.69) is 20.2 Å². The fourth-order valence-corrected chi connectivity index (χ4v) is 6.95. The van der Waals surface area contributed by atoms with Crippen LogP contribution in [0.5, 0.6) is 0 Å². The third kappa shape index (κ3) is 7.84. The molecule has 0 radical (unpaired) electrons. The van der Waals surface area contributed by atoms with Crippen LogP contribution in [-0.4, -0.2) is 69.6 Å². The highest BCUT2D eigenvalue weighted by molar-refractivity contribution is 5.99. The van der Waals surface area contributed by atoms with Crippen molar-refractivity contribution in [3.63, 3.8) is 0 Å². The summed E-state index contributed by atoms with van der Waals surface area (Å²) >= 11 is 0. The maximum atomic E-state index is 13.3. The number of hydrogen-bond donors (Lipinski definition) is 4. The monoisotopic (exact) mass is 736 g/mol. The average Bonchev–Trinajstić information content (AvgIpc) is 3.90. The second-order valence-electron chi connectivity index (χ2n) is 13.6. The van der Waals surface area contributed by atoms with Gasteiger partial charge in [0.2, 0.25) is 11.6 Å². The first-order valence-electron chi connectivity index (χ1n) is 18.2. The Balaban J connectivity index is 0.000000184. The van der Waals surface area contributed by atoms with E-state index in [-0.39, 0.29) is 30.3 Å². The molecule has 7 rings (SSSR count). The van der Waals surface area contributed by atoms with Crippen molar-refractivity contribution in [2.45, 2.75) is 84.0 Å². The zero-order chi connectivity index (χ0) is 38.4. The molecule has 284 valence electrons. The average molecular weight is 737 g/mol. The number of nitrogens with zero attached hydrogens (tertiary/aromatic N) is 6. The van der Waals surface area contributed by atoms with Gasteiger partial charge in [-0.15, -0.1) is 0 Å². The highest BCUT2D eigenvalue weighted by Gasteiger charge is 2.55. The van der Waals surface area contributed by atoms with Crippen LogP contribution in [0.15, 0.2) is 97.6 Å². The smallest absolute Gasteiger partial charge is 0.237 e. The van der Waals surface area contributed by atoms with E-state index in [4.69, 9.17) is 25.7 Å². The number of nitrogen functional groups attached to an aromatic ring is 2. The zero-order valence-electron chi connectivity index (χ0n) is 30.9. The number of carbonyl (C=O) groups is 1. The molecule has 1 fully saturated rings. The Hall–Kier alpha value is -5.25. The van der Waals surface area contributed by atoms with Gasteiger partial charge in [0.05, 0.1) is 25.4 Å². The number of carbonyl (C=O) groups excluding carboxylic acids is 1. The van der Waals surface area contributed by atoms with Crippen molar-refractivity contribution in [2.75, 3.05) is 11.5 Å². The number of Topliss-reactive ketones (excluding diaryl/α,β-unsaturated/α-hetero) is 1. The molecular weight excluding hydrogens is 688 g/mol. The van der Waals surface area contributed by atoms with E-state index < -0.39 is 24.1 Å². The second-order valence-corrected chi connectivity index (χ2v) is 13.6. The molecular formula is C40H48N8O6. The van der Waals surface area contributed by atoms with Gasteiger partial charge in [0.15, 0.2) is 11.6 Å². The van der Waals surface area contributed by atoms with Gasteiger partial charge >= 0.3 is 0 Å². The third-order valence-corrected chi connectivity index (χ3v) is 10.1. The van der Waals surface area contributed by atoms with Gasteiger partial charge in [-0.1, -0.05) is 88.4 Å². The van der Waals surface area contributed by atoms with Crippen molar-refractivity contribution < 1.29 is 29.2 Å². The second kappa shape index (κ2) is 16.8. The van der Waals surface area contributed by atoms with Gasteiger partial charge < -0.3 is 35.9 Å². The van der Waals surface area contributed by atoms with Gasteiger partial charge in [-0.25, -0.2) is 19.0 Å². The number of benzene rings is 2. The molecule has 0 aliphatic carbocycles. The molecule has 5 heterocycles. The van der Waals surface area contributed by atoms with E-state index in [1.54, 1.807) is 28.8 Å². The van der Waals surface area contributed by atoms with Crippen LogP contribution < -0.4 is 11.5 Å². The lowest BCUT2D eigenvalue weighted by molar-refractivity contribution is -0.251. The van der Waals surface area contributed by atoms with Crippen molar-refractivity contribution >= 4 is 28.5 Å². The minimum Gasteiger partial charge on any atom is -0.393 e. The summed E-state index contributed by atoms with van der Waals surface area (Å²) < 4.78 is 21.3. The van der Waals surface area contributed by atoms with Crippen LogP contribution in [-0.2, 0) is 33.2 Å². The van der Waals surface area contributed by atoms with Crippen molar-refractivity contribution in [1.82, 2.24) is 29.2 Å². The summed E-state index contributed by atoms with van der Waals surface area (Å²) in [6, 6.07) is 26.4. The molecule has 14 nitrogen and oxygen atoms in total. The summed E-state index contributed by atoms with van der Waals surface area (Å²) in [5.41, 5.74) is 15.8. The van der Waals surface area contributed by atoms with Gasteiger partial charge in [0.1, 0.15) is 47.3 Å². The molecule has 0 saturated carbocycles. The predicted molar refractivity (Wildman–Crippen MR) is 203 cm³/mol. The number of nitrogens with two attached hydrogens (primary N) is 2. The molecule has 1 aliphatic rings. The number of hydrogen-bond acceptors (Lipinski definition) is 12. The summed E-state index contributed by atoms with van der Waals surface area (Å²) in [5.74, 6) is -1.59. The van der Waals surface area contributed by atoms with Crippen molar-refractivity contribution in [3.8, 4) is 0 Å². The standard InChI is InChI=1S/2C20H24N4O3/c1-3-16-13(2)18(26-11-14-7-5-4-6-8-14)20(25,27-16)17-10-9-15-19(21)22-12-23-24(15)17;1-3-17(25)13(2)19(27-11-14-7-5-4-6-8-14)18(26)15-9-10-16-20(21)22-12-23-24(15)16/h4-10,12-13,16,18,25H,3,11H2,1-2H3,(H2,21,22,23);4-10,12-13,17,19,25H,3,11H2,1-2H3,(H2,21,22,23)/t13-,16-,18-,20?;13-,17-,19-/m11/s1. The molecule has 1 aliphatic heterocycles. The molecule has 0 amide bonds. The summed E-state index contributed by atoms with van der Waals surface area (Å²) in [5, 5.41) is 30.3. The van der Waals surface area contributed by atoms with E-state index in [1.165, 1.54) is 17.2 Å². The molecule has 54 heavy (non-hydrogen) atoms. The van der Waals surface area contributed by atoms with Gasteiger partial charge in [-0.05, 0) is 48.2 Å². The minimum atomic E-state index is -1.62. The molecule has 2 aromatic carbocycles. The van der Waals surface area contributed by atoms with Crippen LogP contribution in [0.1, 0.15) is 67.8 Å². The van der Waals surface area contributed by atoms with E-state index >= 15 is 0 Å². The predicted octanol–water partition coefficient (Wildman–Crippen LogP) is 4.97. The molecule has 1 saturated heterocycles. The SMILES string of the molecule is CC[C@@H](O)[C@@H](C)[C@@H](OCc1ccccc1)C(=O)c1ccc2c(N)ncnn12.CC[C@H]1OC(O)(c2ccc3c(N)ncnn23)[C@H](OCc2ccccc2)[C@@H]1C. The fraction of sp³-hybridized carbons (Fsp3) is 0.375. The number of rotatable bonds is 13. The third-order valence-electron chi connectivity index (χ3n) is 10.1. The number of aromatic nitrogens is 6. The van der Waals surface area contributed by atoms with Crippen LogP contribution in [0.3, 0.4) is 0 Å². The van der Waals surface area contributed by atoms with Crippen molar-refractivity contribution in [3.05, 3.63) is 120 Å². The largest absolute Gasteiger partial charge is 0.393 e. The van der Waals surface area contributed by atoms with Crippen molar-refractivity contribution in [1.29, 1.82) is 0 Å². The Morgan fingerprint density at radius 2 is 1.44 bits per heavy atom. The number of ketones is 1. The molecule has 0 spiro atoms. The Labute approximate surface area is 313 Å². The van der Waals surface area contributed by atoms with Gasteiger partial charge in [-0.3, -0.25) is 4.79 Å². The Kier molecular flexibility index (Phi) is 12.0. The summed E-state index contributed by atoms with van der Waals surface area (Å²) in [7, 11) is 0. The molecule has 7 atom stereocenters. The zero-order valence-corrected chi connectivity index (χ0v) is 30.9. The lowest BCUT2D eigenvalue weighted by Crippen LogP contribution is -2.41. The van der Waals surface area contributed by atoms with E-state index in [1.807, 2.05) is 88.4 Å². The van der Waals surface area contributed by atoms with E-state index in [0.717, 1.165) is 17.5 Å². The molecule has 6 aromatic rings. The summed E-state index contributed by atoms with van der Waals surface area (Å²) in [6.07, 6.45) is 1.85.